The van der Waals surface area contributed by atoms with Crippen LogP contribution in [0.4, 0.5) is 4.79 Å². The van der Waals surface area contributed by atoms with Crippen LogP contribution in [0, 0.1) is 0 Å². The highest BCUT2D eigenvalue weighted by Crippen LogP contribution is 2.03. The maximum absolute atomic E-state index is 11.4. The number of esters is 2. The molecule has 128 valence electrons. The molecule has 22 heavy (non-hydrogen) atoms. The van der Waals surface area contributed by atoms with Crippen LogP contribution in [0.25, 0.3) is 0 Å². The van der Waals surface area contributed by atoms with E-state index in [1.54, 1.807) is 0 Å². The summed E-state index contributed by atoms with van der Waals surface area (Å²) in [5, 5.41) is 5.51. The third-order valence-electron chi connectivity index (χ3n) is 3.14. The largest absolute Gasteiger partial charge is 0.469 e. The van der Waals surface area contributed by atoms with Gasteiger partial charge in [-0.05, 0) is 25.7 Å². The van der Waals surface area contributed by atoms with Gasteiger partial charge in [-0.25, -0.2) is 4.79 Å². The van der Waals surface area contributed by atoms with Crippen LogP contribution in [0.5, 0.6) is 0 Å². The summed E-state index contributed by atoms with van der Waals surface area (Å²) in [6.45, 7) is 1.16. The van der Waals surface area contributed by atoms with E-state index in [9.17, 15) is 14.4 Å². The number of hydrogen-bond acceptors (Lipinski definition) is 5. The van der Waals surface area contributed by atoms with Crippen LogP contribution in [0.3, 0.4) is 0 Å². The number of rotatable bonds is 12. The zero-order valence-electron chi connectivity index (χ0n) is 13.6. The summed E-state index contributed by atoms with van der Waals surface area (Å²) in [6, 6.07) is -0.187. The van der Waals surface area contributed by atoms with Crippen molar-refractivity contribution < 1.29 is 23.9 Å². The van der Waals surface area contributed by atoms with E-state index in [0.29, 0.717) is 32.4 Å². The van der Waals surface area contributed by atoms with Crippen LogP contribution < -0.4 is 10.6 Å². The highest BCUT2D eigenvalue weighted by atomic mass is 16.5. The van der Waals surface area contributed by atoms with Gasteiger partial charge in [0.1, 0.15) is 0 Å². The fraction of sp³-hybridized carbons (Fsp3) is 0.800. The summed E-state index contributed by atoms with van der Waals surface area (Å²) in [4.78, 5) is 33.2. The first-order chi connectivity index (χ1) is 10.6. The first-order valence-corrected chi connectivity index (χ1v) is 7.75. The van der Waals surface area contributed by atoms with Crippen molar-refractivity contribution in [3.63, 3.8) is 0 Å². The van der Waals surface area contributed by atoms with Gasteiger partial charge in [0.05, 0.1) is 14.2 Å². The number of ether oxygens (including phenoxy) is 2. The molecule has 0 radical (unpaired) electrons. The molecular formula is C15H28N2O5. The second kappa shape index (κ2) is 14.2. The van der Waals surface area contributed by atoms with Gasteiger partial charge in [-0.2, -0.15) is 0 Å². The number of amides is 2. The molecule has 0 spiro atoms. The van der Waals surface area contributed by atoms with Crippen molar-refractivity contribution in [3.05, 3.63) is 0 Å². The molecule has 0 aliphatic carbocycles. The molecule has 7 heteroatoms. The topological polar surface area (TPSA) is 93.7 Å². The van der Waals surface area contributed by atoms with E-state index in [4.69, 9.17) is 0 Å². The lowest BCUT2D eigenvalue weighted by Crippen LogP contribution is -2.36. The van der Waals surface area contributed by atoms with Crippen LogP contribution in [-0.2, 0) is 19.1 Å². The summed E-state index contributed by atoms with van der Waals surface area (Å²) in [5.41, 5.74) is 0. The van der Waals surface area contributed by atoms with E-state index in [1.807, 2.05) is 0 Å². The number of unbranched alkanes of at least 4 members (excludes halogenated alkanes) is 4. The zero-order valence-corrected chi connectivity index (χ0v) is 13.6. The van der Waals surface area contributed by atoms with Crippen molar-refractivity contribution in [3.8, 4) is 0 Å². The predicted octanol–water partition coefficient (Wildman–Crippen LogP) is 1.75. The molecular weight excluding hydrogens is 288 g/mol. The first kappa shape index (κ1) is 20.2. The number of carbonyl (C=O) groups is 3. The molecule has 0 heterocycles. The number of hydrogen-bond donors (Lipinski definition) is 2. The second-order valence-electron chi connectivity index (χ2n) is 4.96. The molecule has 0 aromatic heterocycles. The number of urea groups is 1. The Bertz CT molecular complexity index is 334. The van der Waals surface area contributed by atoms with Gasteiger partial charge < -0.3 is 20.1 Å². The van der Waals surface area contributed by atoms with Gasteiger partial charge in [0.15, 0.2) is 0 Å². The molecule has 0 unspecified atom stereocenters. The molecule has 0 atom stereocenters. The second-order valence-corrected chi connectivity index (χ2v) is 4.96. The minimum atomic E-state index is -0.225. The lowest BCUT2D eigenvalue weighted by atomic mass is 10.1. The van der Waals surface area contributed by atoms with E-state index in [-0.39, 0.29) is 18.0 Å². The van der Waals surface area contributed by atoms with Crippen molar-refractivity contribution in [2.24, 2.45) is 0 Å². The Morgan fingerprint density at radius 3 is 1.59 bits per heavy atom. The summed E-state index contributed by atoms with van der Waals surface area (Å²) in [6.07, 6.45) is 5.91. The van der Waals surface area contributed by atoms with Gasteiger partial charge in [0.2, 0.25) is 0 Å². The number of methoxy groups -OCH3 is 2. The van der Waals surface area contributed by atoms with Gasteiger partial charge in [0.25, 0.3) is 0 Å². The molecule has 0 rings (SSSR count). The van der Waals surface area contributed by atoms with Crippen molar-refractivity contribution in [1.29, 1.82) is 0 Å². The van der Waals surface area contributed by atoms with Gasteiger partial charge in [-0.1, -0.05) is 12.8 Å². The third kappa shape index (κ3) is 13.2. The minimum absolute atomic E-state index is 0.176. The monoisotopic (exact) mass is 316 g/mol. The van der Waals surface area contributed by atoms with Crippen molar-refractivity contribution >= 4 is 18.0 Å². The maximum Gasteiger partial charge on any atom is 0.314 e. The Morgan fingerprint density at radius 1 is 0.682 bits per heavy atom. The molecule has 0 aliphatic rings. The molecule has 0 saturated carbocycles. The van der Waals surface area contributed by atoms with E-state index >= 15 is 0 Å². The lowest BCUT2D eigenvalue weighted by Gasteiger charge is -2.07. The molecule has 2 N–H and O–H groups in total. The molecule has 0 aliphatic heterocycles. The average Bonchev–Trinajstić information content (AvgIpc) is 2.52. The van der Waals surface area contributed by atoms with Gasteiger partial charge in [-0.3, -0.25) is 9.59 Å². The fourth-order valence-corrected chi connectivity index (χ4v) is 1.81. The van der Waals surface area contributed by atoms with Gasteiger partial charge in [0, 0.05) is 25.9 Å². The third-order valence-corrected chi connectivity index (χ3v) is 3.14. The van der Waals surface area contributed by atoms with E-state index in [0.717, 1.165) is 32.1 Å². The summed E-state index contributed by atoms with van der Waals surface area (Å²) >= 11 is 0. The molecule has 0 aromatic carbocycles. The molecule has 7 nitrogen and oxygen atoms in total. The van der Waals surface area contributed by atoms with Crippen molar-refractivity contribution in [2.75, 3.05) is 27.3 Å². The van der Waals surface area contributed by atoms with Crippen LogP contribution in [0.1, 0.15) is 51.4 Å². The fourth-order valence-electron chi connectivity index (χ4n) is 1.81. The Labute approximate surface area is 132 Å². The molecule has 0 aromatic rings. The number of carbonyl (C=O) groups excluding carboxylic acids is 3. The van der Waals surface area contributed by atoms with Gasteiger partial charge in [-0.15, -0.1) is 0 Å². The summed E-state index contributed by atoms with van der Waals surface area (Å²) < 4.78 is 9.08. The number of nitrogens with one attached hydrogen (secondary N) is 2. The predicted molar refractivity (Wildman–Crippen MR) is 82.4 cm³/mol. The first-order valence-electron chi connectivity index (χ1n) is 7.75. The highest BCUT2D eigenvalue weighted by molar-refractivity contribution is 5.73. The van der Waals surface area contributed by atoms with Crippen LogP contribution in [0.15, 0.2) is 0 Å². The Kier molecular flexibility index (Phi) is 13.0. The smallest absolute Gasteiger partial charge is 0.314 e. The molecule has 0 fully saturated rings. The average molecular weight is 316 g/mol. The van der Waals surface area contributed by atoms with Crippen LogP contribution in [0.2, 0.25) is 0 Å². The lowest BCUT2D eigenvalue weighted by molar-refractivity contribution is -0.141. The Balaban J connectivity index is 3.29. The van der Waals surface area contributed by atoms with Crippen LogP contribution in [-0.4, -0.2) is 45.3 Å². The van der Waals surface area contributed by atoms with Crippen LogP contribution >= 0.6 is 0 Å². The summed E-state index contributed by atoms with van der Waals surface area (Å²) in [7, 11) is 2.75. The van der Waals surface area contributed by atoms with Crippen molar-refractivity contribution in [1.82, 2.24) is 10.6 Å². The summed E-state index contributed by atoms with van der Waals surface area (Å²) in [5.74, 6) is -0.402. The zero-order chi connectivity index (χ0) is 16.6. The normalized spacial score (nSPS) is 9.91. The minimum Gasteiger partial charge on any atom is -0.469 e. The Morgan fingerprint density at radius 2 is 1.09 bits per heavy atom. The Hall–Kier alpha value is -1.79. The SMILES string of the molecule is COC(=O)CCCCCCNC(=O)NCCCCC(=O)OC. The highest BCUT2D eigenvalue weighted by Gasteiger charge is 2.02. The molecule has 2 amide bonds. The van der Waals surface area contributed by atoms with E-state index in [2.05, 4.69) is 20.1 Å². The van der Waals surface area contributed by atoms with Crippen molar-refractivity contribution in [2.45, 2.75) is 51.4 Å². The standard InChI is InChI=1S/C15H28N2O5/c1-21-13(18)9-5-3-4-7-11-16-15(20)17-12-8-6-10-14(19)22-2/h3-12H2,1-2H3,(H2,16,17,20). The molecule has 0 saturated heterocycles. The van der Waals surface area contributed by atoms with E-state index < -0.39 is 0 Å². The quantitative estimate of drug-likeness (QED) is 0.422. The molecule has 0 bridgehead atoms. The van der Waals surface area contributed by atoms with Gasteiger partial charge >= 0.3 is 18.0 Å². The maximum atomic E-state index is 11.4. The van der Waals surface area contributed by atoms with E-state index in [1.165, 1.54) is 14.2 Å².